The Labute approximate surface area is 154 Å². The van der Waals surface area contributed by atoms with Crippen molar-refractivity contribution >= 4 is 34.9 Å². The van der Waals surface area contributed by atoms with Crippen molar-refractivity contribution in [2.24, 2.45) is 5.10 Å². The highest BCUT2D eigenvalue weighted by Crippen LogP contribution is 2.30. The maximum Gasteiger partial charge on any atom is 0.280 e. The van der Waals surface area contributed by atoms with Gasteiger partial charge in [0.25, 0.3) is 5.69 Å². The summed E-state index contributed by atoms with van der Waals surface area (Å²) < 4.78 is 5.60. The lowest BCUT2D eigenvalue weighted by Crippen LogP contribution is -2.23. The van der Waals surface area contributed by atoms with Crippen LogP contribution in [0.4, 0.5) is 11.4 Å². The summed E-state index contributed by atoms with van der Waals surface area (Å²) in [7, 11) is 0. The predicted molar refractivity (Wildman–Crippen MR) is 104 cm³/mol. The Morgan fingerprint density at radius 3 is 2.58 bits per heavy atom. The molecule has 1 aromatic heterocycles. The third kappa shape index (κ3) is 4.31. The minimum Gasteiger partial charge on any atom is -0.455 e. The second kappa shape index (κ2) is 8.04. The van der Waals surface area contributed by atoms with E-state index in [1.165, 1.54) is 12.3 Å². The van der Waals surface area contributed by atoms with Crippen molar-refractivity contribution in [2.75, 3.05) is 5.32 Å². The van der Waals surface area contributed by atoms with E-state index in [1.807, 2.05) is 30.3 Å². The van der Waals surface area contributed by atoms with Crippen LogP contribution in [0.2, 0.25) is 0 Å². The van der Waals surface area contributed by atoms with Gasteiger partial charge in [0.1, 0.15) is 11.5 Å². The van der Waals surface area contributed by atoms with Crippen LogP contribution in [0.25, 0.3) is 11.3 Å². The molecule has 0 radical (unpaired) electrons. The number of hydrazone groups is 1. The molecule has 130 valence electrons. The molecule has 0 saturated carbocycles. The summed E-state index contributed by atoms with van der Waals surface area (Å²) in [6.45, 7) is 0. The van der Waals surface area contributed by atoms with Crippen molar-refractivity contribution in [3.8, 4) is 11.3 Å². The number of hydrogen-bond acceptors (Lipinski definition) is 5. The number of para-hydroxylation sites is 2. The first-order chi connectivity index (χ1) is 12.6. The van der Waals surface area contributed by atoms with Gasteiger partial charge in [0.15, 0.2) is 5.11 Å². The van der Waals surface area contributed by atoms with Crippen LogP contribution in [0.1, 0.15) is 5.76 Å². The van der Waals surface area contributed by atoms with Gasteiger partial charge in [-0.3, -0.25) is 15.5 Å². The number of nitro groups is 1. The summed E-state index contributed by atoms with van der Waals surface area (Å²) in [5.74, 6) is 0.830. The molecule has 0 amide bonds. The molecule has 2 N–H and O–H groups in total. The summed E-state index contributed by atoms with van der Waals surface area (Å²) in [6.07, 6.45) is 1.44. The van der Waals surface area contributed by atoms with Crippen LogP contribution in [0.15, 0.2) is 76.2 Å². The number of benzene rings is 2. The molecule has 7 nitrogen and oxygen atoms in total. The summed E-state index contributed by atoms with van der Waals surface area (Å²) in [6, 6.07) is 19.2. The number of nitrogens with one attached hydrogen (secondary N) is 2. The van der Waals surface area contributed by atoms with Gasteiger partial charge >= 0.3 is 0 Å². The van der Waals surface area contributed by atoms with E-state index in [2.05, 4.69) is 15.8 Å². The number of hydrogen-bond donors (Lipinski definition) is 2. The van der Waals surface area contributed by atoms with Crippen LogP contribution < -0.4 is 10.7 Å². The van der Waals surface area contributed by atoms with Crippen LogP contribution in [-0.4, -0.2) is 16.3 Å². The molecule has 0 spiro atoms. The number of nitro benzene ring substituents is 1. The molecule has 0 unspecified atom stereocenters. The monoisotopic (exact) mass is 366 g/mol. The zero-order chi connectivity index (χ0) is 18.4. The number of thiocarbonyl (C=S) groups is 1. The highest BCUT2D eigenvalue weighted by Gasteiger charge is 2.16. The van der Waals surface area contributed by atoms with E-state index in [0.717, 1.165) is 5.69 Å². The van der Waals surface area contributed by atoms with E-state index in [0.29, 0.717) is 22.2 Å². The lowest BCUT2D eigenvalue weighted by atomic mass is 10.1. The maximum absolute atomic E-state index is 11.1. The zero-order valence-electron chi connectivity index (χ0n) is 13.5. The molecular formula is C18H14N4O3S. The van der Waals surface area contributed by atoms with Crippen molar-refractivity contribution < 1.29 is 9.34 Å². The van der Waals surface area contributed by atoms with Gasteiger partial charge in [-0.25, -0.2) is 0 Å². The molecule has 0 bridgehead atoms. The van der Waals surface area contributed by atoms with Gasteiger partial charge in [-0.15, -0.1) is 0 Å². The summed E-state index contributed by atoms with van der Waals surface area (Å²) in [5.41, 5.74) is 3.92. The van der Waals surface area contributed by atoms with Gasteiger partial charge in [-0.1, -0.05) is 30.3 Å². The Hall–Kier alpha value is -3.52. The minimum atomic E-state index is -0.444. The van der Waals surface area contributed by atoms with Gasteiger partial charge in [-0.2, -0.15) is 5.10 Å². The third-order valence-electron chi connectivity index (χ3n) is 3.38. The fourth-order valence-corrected chi connectivity index (χ4v) is 2.41. The first-order valence-corrected chi connectivity index (χ1v) is 8.03. The quantitative estimate of drug-likeness (QED) is 0.305. The summed E-state index contributed by atoms with van der Waals surface area (Å²) in [4.78, 5) is 10.7. The first kappa shape index (κ1) is 17.3. The standard InChI is InChI=1S/C18H14N4O3S/c23-22(24)16-9-5-4-8-15(16)17-11-10-14(25-17)12-19-21-18(26)20-13-6-2-1-3-7-13/h1-12H,(H2,20,21,26)/b19-12-. The Morgan fingerprint density at radius 1 is 1.08 bits per heavy atom. The maximum atomic E-state index is 11.1. The average Bonchev–Trinajstić information content (AvgIpc) is 3.11. The molecule has 8 heteroatoms. The van der Waals surface area contributed by atoms with Crippen LogP contribution in [0.3, 0.4) is 0 Å². The lowest BCUT2D eigenvalue weighted by Gasteiger charge is -2.05. The van der Waals surface area contributed by atoms with E-state index in [1.54, 1.807) is 30.3 Å². The Morgan fingerprint density at radius 2 is 1.81 bits per heavy atom. The van der Waals surface area contributed by atoms with Gasteiger partial charge in [0.2, 0.25) is 0 Å². The Balaban J connectivity index is 1.64. The zero-order valence-corrected chi connectivity index (χ0v) is 14.3. The van der Waals surface area contributed by atoms with Crippen LogP contribution >= 0.6 is 12.2 Å². The smallest absolute Gasteiger partial charge is 0.280 e. The predicted octanol–water partition coefficient (Wildman–Crippen LogP) is 4.18. The SMILES string of the molecule is O=[N+]([O-])c1ccccc1-c1ccc(/C=N\NC(=S)Nc2ccccc2)o1. The number of anilines is 1. The number of rotatable bonds is 5. The lowest BCUT2D eigenvalue weighted by molar-refractivity contribution is -0.384. The molecule has 0 aliphatic rings. The largest absolute Gasteiger partial charge is 0.455 e. The van der Waals surface area contributed by atoms with E-state index in [9.17, 15) is 10.1 Å². The third-order valence-corrected chi connectivity index (χ3v) is 3.58. The Bertz CT molecular complexity index is 954. The van der Waals surface area contributed by atoms with Crippen LogP contribution in [0, 0.1) is 10.1 Å². The first-order valence-electron chi connectivity index (χ1n) is 7.62. The topological polar surface area (TPSA) is 92.7 Å². The molecule has 3 rings (SSSR count). The Kier molecular flexibility index (Phi) is 5.35. The molecule has 0 fully saturated rings. The van der Waals surface area contributed by atoms with E-state index >= 15 is 0 Å². The van der Waals surface area contributed by atoms with Crippen molar-refractivity contribution in [1.82, 2.24) is 5.43 Å². The van der Waals surface area contributed by atoms with Crippen molar-refractivity contribution in [3.63, 3.8) is 0 Å². The van der Waals surface area contributed by atoms with Crippen molar-refractivity contribution in [2.45, 2.75) is 0 Å². The van der Waals surface area contributed by atoms with Crippen LogP contribution in [0.5, 0.6) is 0 Å². The normalized spacial score (nSPS) is 10.6. The summed E-state index contributed by atoms with van der Waals surface area (Å²) >= 11 is 5.14. The number of furan rings is 1. The molecule has 0 atom stereocenters. The molecule has 0 aliphatic heterocycles. The molecule has 0 aliphatic carbocycles. The molecule has 2 aromatic carbocycles. The van der Waals surface area contributed by atoms with Gasteiger partial charge in [0.05, 0.1) is 16.7 Å². The average molecular weight is 366 g/mol. The minimum absolute atomic E-state index is 0.0169. The molecule has 3 aromatic rings. The van der Waals surface area contributed by atoms with E-state index < -0.39 is 4.92 Å². The fraction of sp³-hybridized carbons (Fsp3) is 0. The van der Waals surface area contributed by atoms with Crippen molar-refractivity contribution in [1.29, 1.82) is 0 Å². The number of nitrogens with zero attached hydrogens (tertiary/aromatic N) is 2. The van der Waals surface area contributed by atoms with E-state index in [-0.39, 0.29) is 5.69 Å². The highest BCUT2D eigenvalue weighted by atomic mass is 32.1. The fourth-order valence-electron chi connectivity index (χ4n) is 2.24. The van der Waals surface area contributed by atoms with Crippen molar-refractivity contribution in [3.05, 3.63) is 82.6 Å². The second-order valence-electron chi connectivity index (χ2n) is 5.17. The highest BCUT2D eigenvalue weighted by molar-refractivity contribution is 7.80. The van der Waals surface area contributed by atoms with Gasteiger partial charge in [0, 0.05) is 11.8 Å². The second-order valence-corrected chi connectivity index (χ2v) is 5.57. The van der Waals surface area contributed by atoms with Crippen LogP contribution in [-0.2, 0) is 0 Å². The van der Waals surface area contributed by atoms with E-state index in [4.69, 9.17) is 16.6 Å². The molecular weight excluding hydrogens is 352 g/mol. The van der Waals surface area contributed by atoms with Gasteiger partial charge < -0.3 is 9.73 Å². The summed E-state index contributed by atoms with van der Waals surface area (Å²) in [5, 5.41) is 18.4. The molecule has 0 saturated heterocycles. The molecule has 1 heterocycles. The molecule has 26 heavy (non-hydrogen) atoms. The van der Waals surface area contributed by atoms with Gasteiger partial charge in [-0.05, 0) is 42.5 Å².